The third-order valence-electron chi connectivity index (χ3n) is 3.32. The van der Waals surface area contributed by atoms with Crippen molar-refractivity contribution in [3.05, 3.63) is 0 Å². The van der Waals surface area contributed by atoms with E-state index in [0.717, 1.165) is 6.04 Å². The van der Waals surface area contributed by atoms with Crippen LogP contribution in [0.4, 0.5) is 0 Å². The minimum atomic E-state index is 0.506. The fraction of sp³-hybridized carbons (Fsp3) is 1.00. The lowest BCUT2D eigenvalue weighted by molar-refractivity contribution is 0.106. The first-order valence-corrected chi connectivity index (χ1v) is 6.09. The number of hydrogen-bond acceptors (Lipinski definition) is 2. The van der Waals surface area contributed by atoms with Crippen molar-refractivity contribution in [2.24, 2.45) is 0 Å². The molecule has 2 nitrogen and oxygen atoms in total. The van der Waals surface area contributed by atoms with Gasteiger partial charge in [-0.25, -0.2) is 0 Å². The van der Waals surface area contributed by atoms with Gasteiger partial charge >= 0.3 is 0 Å². The summed E-state index contributed by atoms with van der Waals surface area (Å²) in [4.78, 5) is 0. The summed E-state index contributed by atoms with van der Waals surface area (Å²) in [5.74, 6) is 0. The van der Waals surface area contributed by atoms with Gasteiger partial charge in [0.05, 0.1) is 6.10 Å². The summed E-state index contributed by atoms with van der Waals surface area (Å²) in [5, 5.41) is 3.75. The molecule has 0 spiro atoms. The molecule has 0 heterocycles. The molecule has 0 aromatic carbocycles. The number of rotatable bonds is 6. The molecular formula is C12H25NO. The van der Waals surface area contributed by atoms with Crippen molar-refractivity contribution in [1.29, 1.82) is 0 Å². The average Bonchev–Trinajstić information content (AvgIpc) is 2.65. The lowest BCUT2D eigenvalue weighted by Crippen LogP contribution is -2.36. The molecule has 0 aromatic heterocycles. The molecular weight excluding hydrogens is 174 g/mol. The monoisotopic (exact) mass is 199 g/mol. The van der Waals surface area contributed by atoms with Crippen molar-refractivity contribution in [3.63, 3.8) is 0 Å². The van der Waals surface area contributed by atoms with Gasteiger partial charge < -0.3 is 10.1 Å². The van der Waals surface area contributed by atoms with Crippen LogP contribution in [0.2, 0.25) is 0 Å². The summed E-state index contributed by atoms with van der Waals surface area (Å²) >= 11 is 0. The molecule has 0 saturated heterocycles. The minimum absolute atomic E-state index is 0.506. The van der Waals surface area contributed by atoms with Gasteiger partial charge in [0.2, 0.25) is 0 Å². The van der Waals surface area contributed by atoms with Crippen LogP contribution in [0.3, 0.4) is 0 Å². The maximum Gasteiger partial charge on any atom is 0.0586 e. The topological polar surface area (TPSA) is 21.3 Å². The van der Waals surface area contributed by atoms with Crippen LogP contribution in [0.1, 0.15) is 52.4 Å². The van der Waals surface area contributed by atoms with Crippen molar-refractivity contribution < 1.29 is 4.74 Å². The molecule has 0 radical (unpaired) electrons. The van der Waals surface area contributed by atoms with Gasteiger partial charge in [0.15, 0.2) is 0 Å². The molecule has 1 N–H and O–H groups in total. The summed E-state index contributed by atoms with van der Waals surface area (Å²) in [5.41, 5.74) is 0. The van der Waals surface area contributed by atoms with E-state index in [-0.39, 0.29) is 0 Å². The largest absolute Gasteiger partial charge is 0.381 e. The van der Waals surface area contributed by atoms with E-state index in [1.165, 1.54) is 38.5 Å². The van der Waals surface area contributed by atoms with E-state index in [9.17, 15) is 0 Å². The Kier molecular flexibility index (Phi) is 5.49. The van der Waals surface area contributed by atoms with E-state index in [1.54, 1.807) is 0 Å². The van der Waals surface area contributed by atoms with Gasteiger partial charge in [0.1, 0.15) is 0 Å². The van der Waals surface area contributed by atoms with Crippen LogP contribution in [-0.2, 0) is 4.74 Å². The summed E-state index contributed by atoms with van der Waals surface area (Å²) in [6.45, 7) is 4.53. The van der Waals surface area contributed by atoms with Crippen LogP contribution in [-0.4, -0.2) is 25.3 Å². The van der Waals surface area contributed by atoms with Crippen LogP contribution in [0.5, 0.6) is 0 Å². The van der Waals surface area contributed by atoms with E-state index in [1.807, 2.05) is 7.11 Å². The van der Waals surface area contributed by atoms with Crippen LogP contribution >= 0.6 is 0 Å². The number of hydrogen-bond donors (Lipinski definition) is 1. The van der Waals surface area contributed by atoms with Crippen molar-refractivity contribution in [2.75, 3.05) is 7.11 Å². The first kappa shape index (κ1) is 12.0. The number of methoxy groups -OCH3 is 1. The zero-order chi connectivity index (χ0) is 10.4. The quantitative estimate of drug-likeness (QED) is 0.710. The standard InChI is InChI=1S/C12H25NO/c1-4-6-10(5-2)13-11-7-8-12(9-11)14-3/h10-13H,4-9H2,1-3H3. The molecule has 3 atom stereocenters. The van der Waals surface area contributed by atoms with E-state index in [4.69, 9.17) is 4.74 Å². The van der Waals surface area contributed by atoms with Crippen molar-refractivity contribution in [2.45, 2.75) is 70.6 Å². The molecule has 0 amide bonds. The minimum Gasteiger partial charge on any atom is -0.381 e. The predicted molar refractivity (Wildman–Crippen MR) is 60.6 cm³/mol. The fourth-order valence-electron chi connectivity index (χ4n) is 2.39. The molecule has 84 valence electrons. The lowest BCUT2D eigenvalue weighted by Gasteiger charge is -2.21. The highest BCUT2D eigenvalue weighted by atomic mass is 16.5. The van der Waals surface area contributed by atoms with Crippen molar-refractivity contribution >= 4 is 0 Å². The van der Waals surface area contributed by atoms with Gasteiger partial charge in [-0.3, -0.25) is 0 Å². The third kappa shape index (κ3) is 3.58. The number of ether oxygens (including phenoxy) is 1. The Labute approximate surface area is 88.4 Å². The van der Waals surface area contributed by atoms with Gasteiger partial charge in [-0.1, -0.05) is 20.3 Å². The molecule has 1 aliphatic rings. The Morgan fingerprint density at radius 2 is 2.14 bits per heavy atom. The highest BCUT2D eigenvalue weighted by Gasteiger charge is 2.25. The van der Waals surface area contributed by atoms with Crippen LogP contribution in [0.25, 0.3) is 0 Å². The lowest BCUT2D eigenvalue weighted by atomic mass is 10.1. The molecule has 1 aliphatic carbocycles. The van der Waals surface area contributed by atoms with Gasteiger partial charge in [-0.05, 0) is 32.1 Å². The molecule has 0 aromatic rings. The molecule has 3 unspecified atom stereocenters. The number of nitrogens with one attached hydrogen (secondary N) is 1. The zero-order valence-corrected chi connectivity index (χ0v) is 9.88. The SMILES string of the molecule is CCCC(CC)NC1CCC(OC)C1. The Morgan fingerprint density at radius 1 is 1.36 bits per heavy atom. The second-order valence-electron chi connectivity index (χ2n) is 4.43. The summed E-state index contributed by atoms with van der Waals surface area (Å²) < 4.78 is 5.38. The summed E-state index contributed by atoms with van der Waals surface area (Å²) in [6, 6.07) is 1.43. The van der Waals surface area contributed by atoms with Crippen LogP contribution < -0.4 is 5.32 Å². The predicted octanol–water partition coefficient (Wildman–Crippen LogP) is 2.72. The van der Waals surface area contributed by atoms with E-state index in [0.29, 0.717) is 12.1 Å². The molecule has 0 bridgehead atoms. The molecule has 1 rings (SSSR count). The molecule has 14 heavy (non-hydrogen) atoms. The van der Waals surface area contributed by atoms with Crippen molar-refractivity contribution in [3.8, 4) is 0 Å². The first-order valence-electron chi connectivity index (χ1n) is 6.09. The smallest absolute Gasteiger partial charge is 0.0586 e. The third-order valence-corrected chi connectivity index (χ3v) is 3.32. The molecule has 1 saturated carbocycles. The normalized spacial score (nSPS) is 29.4. The highest BCUT2D eigenvalue weighted by Crippen LogP contribution is 2.22. The first-order chi connectivity index (χ1) is 6.80. The van der Waals surface area contributed by atoms with Crippen LogP contribution in [0, 0.1) is 0 Å². The Bertz CT molecular complexity index is 149. The average molecular weight is 199 g/mol. The zero-order valence-electron chi connectivity index (χ0n) is 9.88. The van der Waals surface area contributed by atoms with Gasteiger partial charge in [0, 0.05) is 19.2 Å². The second kappa shape index (κ2) is 6.41. The van der Waals surface area contributed by atoms with Gasteiger partial charge in [-0.2, -0.15) is 0 Å². The Balaban J connectivity index is 2.22. The van der Waals surface area contributed by atoms with E-state index >= 15 is 0 Å². The summed E-state index contributed by atoms with van der Waals surface area (Å²) in [7, 11) is 1.83. The maximum atomic E-state index is 5.38. The van der Waals surface area contributed by atoms with Crippen molar-refractivity contribution in [1.82, 2.24) is 5.32 Å². The van der Waals surface area contributed by atoms with E-state index in [2.05, 4.69) is 19.2 Å². The summed E-state index contributed by atoms with van der Waals surface area (Å²) in [6.07, 6.45) is 8.08. The Hall–Kier alpha value is -0.0800. The van der Waals surface area contributed by atoms with Gasteiger partial charge in [0.25, 0.3) is 0 Å². The second-order valence-corrected chi connectivity index (χ2v) is 4.43. The van der Waals surface area contributed by atoms with E-state index < -0.39 is 0 Å². The highest BCUT2D eigenvalue weighted by molar-refractivity contribution is 4.83. The maximum absolute atomic E-state index is 5.38. The molecule has 2 heteroatoms. The fourth-order valence-corrected chi connectivity index (χ4v) is 2.39. The molecule has 1 fully saturated rings. The van der Waals surface area contributed by atoms with Crippen LogP contribution in [0.15, 0.2) is 0 Å². The van der Waals surface area contributed by atoms with Gasteiger partial charge in [-0.15, -0.1) is 0 Å². The Morgan fingerprint density at radius 3 is 2.64 bits per heavy atom. The molecule has 0 aliphatic heterocycles.